The van der Waals surface area contributed by atoms with Crippen LogP contribution < -0.4 is 0 Å². The molecule has 34 heavy (non-hydrogen) atoms. The molecule has 0 atom stereocenters. The highest BCUT2D eigenvalue weighted by molar-refractivity contribution is 5.98. The van der Waals surface area contributed by atoms with Crippen molar-refractivity contribution >= 4 is 11.8 Å². The van der Waals surface area contributed by atoms with Crippen LogP contribution in [0.1, 0.15) is 101 Å². The molecule has 0 N–H and O–H groups in total. The Morgan fingerprint density at radius 3 is 1.68 bits per heavy atom. The lowest BCUT2D eigenvalue weighted by Crippen LogP contribution is -2.55. The van der Waals surface area contributed by atoms with Crippen LogP contribution in [-0.2, 0) is 12.8 Å². The number of amides is 2. The first kappa shape index (κ1) is 29.4. The zero-order chi connectivity index (χ0) is 26.1. The topological polar surface area (TPSA) is 40.6 Å². The molecule has 0 saturated heterocycles. The minimum atomic E-state index is -0.0837. The van der Waals surface area contributed by atoms with Crippen molar-refractivity contribution in [2.45, 2.75) is 99.7 Å². The molecule has 0 radical (unpaired) electrons. The number of carbonyl (C=O) groups is 2. The van der Waals surface area contributed by atoms with E-state index in [4.69, 9.17) is 0 Å². The van der Waals surface area contributed by atoms with Crippen molar-refractivity contribution in [1.29, 1.82) is 0 Å². The maximum absolute atomic E-state index is 12.4. The fraction of sp³-hybridized carbons (Fsp3) is 0.533. The molecular formula is C30H46N2O2. The quantitative estimate of drug-likeness (QED) is 0.477. The van der Waals surface area contributed by atoms with Crippen LogP contribution in [0.2, 0.25) is 0 Å². The van der Waals surface area contributed by atoms with Crippen LogP contribution >= 0.6 is 0 Å². The Morgan fingerprint density at radius 2 is 1.18 bits per heavy atom. The number of benzene rings is 2. The Kier molecular flexibility index (Phi) is 11.5. The second-order valence-electron chi connectivity index (χ2n) is 9.41. The maximum Gasteiger partial charge on any atom is 0.254 e. The van der Waals surface area contributed by atoms with E-state index in [-0.39, 0.29) is 23.4 Å². The van der Waals surface area contributed by atoms with Gasteiger partial charge >= 0.3 is 0 Å². The summed E-state index contributed by atoms with van der Waals surface area (Å²) in [6.45, 7) is 21.4. The van der Waals surface area contributed by atoms with E-state index in [0.717, 1.165) is 30.5 Å². The summed E-state index contributed by atoms with van der Waals surface area (Å²) in [5.41, 5.74) is 4.03. The van der Waals surface area contributed by atoms with E-state index in [0.29, 0.717) is 6.04 Å². The highest BCUT2D eigenvalue weighted by Crippen LogP contribution is 2.32. The second-order valence-corrected chi connectivity index (χ2v) is 9.41. The lowest BCUT2D eigenvalue weighted by Gasteiger charge is -2.45. The zero-order valence-electron chi connectivity index (χ0n) is 23.1. The van der Waals surface area contributed by atoms with Crippen molar-refractivity contribution in [2.24, 2.45) is 0 Å². The summed E-state index contributed by atoms with van der Waals surface area (Å²) >= 11 is 0. The average Bonchev–Trinajstić information content (AvgIpc) is 2.81. The minimum absolute atomic E-state index is 0.0837. The summed E-state index contributed by atoms with van der Waals surface area (Å²) in [5.74, 6) is 0.351. The zero-order valence-corrected chi connectivity index (χ0v) is 23.1. The van der Waals surface area contributed by atoms with Gasteiger partial charge in [-0.3, -0.25) is 9.59 Å². The van der Waals surface area contributed by atoms with Gasteiger partial charge in [0.1, 0.15) is 0 Å². The van der Waals surface area contributed by atoms with Crippen LogP contribution in [0, 0.1) is 0 Å². The van der Waals surface area contributed by atoms with Crippen molar-refractivity contribution in [1.82, 2.24) is 9.80 Å². The molecule has 0 bridgehead atoms. The van der Waals surface area contributed by atoms with Crippen LogP contribution in [-0.4, -0.2) is 45.8 Å². The third-order valence-electron chi connectivity index (χ3n) is 6.01. The van der Waals surface area contributed by atoms with Crippen LogP contribution in [0.25, 0.3) is 0 Å². The molecule has 0 aliphatic carbocycles. The van der Waals surface area contributed by atoms with Crippen LogP contribution in [0.4, 0.5) is 0 Å². The Labute approximate surface area is 208 Å². The molecule has 2 heterocycles. The molecule has 0 fully saturated rings. The highest BCUT2D eigenvalue weighted by atomic mass is 16.2. The van der Waals surface area contributed by atoms with Crippen LogP contribution in [0.3, 0.4) is 0 Å². The van der Waals surface area contributed by atoms with Gasteiger partial charge in [0.25, 0.3) is 11.8 Å². The molecule has 0 aromatic heterocycles. The van der Waals surface area contributed by atoms with E-state index in [1.807, 2.05) is 80.0 Å². The van der Waals surface area contributed by atoms with Crippen molar-refractivity contribution in [3.05, 3.63) is 70.8 Å². The Hall–Kier alpha value is -2.62. The molecule has 0 saturated carbocycles. The van der Waals surface area contributed by atoms with Gasteiger partial charge in [-0.05, 0) is 77.6 Å². The van der Waals surface area contributed by atoms with Gasteiger partial charge in [0.15, 0.2) is 0 Å². The van der Waals surface area contributed by atoms with E-state index >= 15 is 0 Å². The molecule has 0 unspecified atom stereocenters. The van der Waals surface area contributed by atoms with E-state index in [1.54, 1.807) is 0 Å². The average molecular weight is 467 g/mol. The standard InChI is InChI=1S/C14H19NO.C12H15NO.2C2H6/c1-10(2)15-13(16)12-8-6-5-7-11(12)9-14(15,3)4;1-9(2)13-8-7-10-5-3-4-6-11(10)12(13)14;2*1-2/h5-8,10H,9H2,1-4H3;3-6,9H,7-8H2,1-2H3;2*1-2H3. The predicted octanol–water partition coefficient (Wildman–Crippen LogP) is 7.02. The van der Waals surface area contributed by atoms with Crippen LogP contribution in [0.5, 0.6) is 0 Å². The molecule has 4 nitrogen and oxygen atoms in total. The van der Waals surface area contributed by atoms with Gasteiger partial charge < -0.3 is 9.80 Å². The monoisotopic (exact) mass is 466 g/mol. The first-order chi connectivity index (χ1) is 16.1. The van der Waals surface area contributed by atoms with E-state index in [2.05, 4.69) is 47.6 Å². The van der Waals surface area contributed by atoms with Gasteiger partial charge in [0.05, 0.1) is 0 Å². The number of fused-ring (bicyclic) bond motifs is 2. The predicted molar refractivity (Wildman–Crippen MR) is 145 cm³/mol. The molecule has 4 heteroatoms. The lowest BCUT2D eigenvalue weighted by atomic mass is 9.84. The summed E-state index contributed by atoms with van der Waals surface area (Å²) in [6.07, 6.45) is 1.92. The molecule has 2 amide bonds. The Morgan fingerprint density at radius 1 is 0.706 bits per heavy atom. The summed E-state index contributed by atoms with van der Waals surface area (Å²) in [4.78, 5) is 28.3. The number of rotatable bonds is 2. The molecule has 0 spiro atoms. The van der Waals surface area contributed by atoms with E-state index in [1.165, 1.54) is 11.1 Å². The van der Waals surface area contributed by atoms with Crippen molar-refractivity contribution in [3.8, 4) is 0 Å². The lowest BCUT2D eigenvalue weighted by molar-refractivity contribution is 0.0404. The van der Waals surface area contributed by atoms with Gasteiger partial charge in [-0.2, -0.15) is 0 Å². The molecule has 4 rings (SSSR count). The minimum Gasteiger partial charge on any atom is -0.336 e. The second kappa shape index (κ2) is 13.3. The van der Waals surface area contributed by atoms with Crippen molar-refractivity contribution in [3.63, 3.8) is 0 Å². The van der Waals surface area contributed by atoms with Gasteiger partial charge in [-0.1, -0.05) is 64.1 Å². The summed E-state index contributed by atoms with van der Waals surface area (Å²) in [5, 5.41) is 0. The Balaban J connectivity index is 0.000000299. The third kappa shape index (κ3) is 6.71. The molecular weight excluding hydrogens is 420 g/mol. The van der Waals surface area contributed by atoms with E-state index in [9.17, 15) is 9.59 Å². The first-order valence-corrected chi connectivity index (χ1v) is 12.9. The van der Waals surface area contributed by atoms with E-state index < -0.39 is 0 Å². The third-order valence-corrected chi connectivity index (χ3v) is 6.01. The normalized spacial score (nSPS) is 15.8. The van der Waals surface area contributed by atoms with Gasteiger partial charge in [-0.15, -0.1) is 0 Å². The van der Waals surface area contributed by atoms with Gasteiger partial charge in [-0.25, -0.2) is 0 Å². The van der Waals surface area contributed by atoms with Gasteiger partial charge in [0, 0.05) is 35.3 Å². The fourth-order valence-corrected chi connectivity index (χ4v) is 4.71. The summed E-state index contributed by atoms with van der Waals surface area (Å²) < 4.78 is 0. The maximum atomic E-state index is 12.4. The number of nitrogens with zero attached hydrogens (tertiary/aromatic N) is 2. The van der Waals surface area contributed by atoms with Crippen molar-refractivity contribution in [2.75, 3.05) is 6.54 Å². The van der Waals surface area contributed by atoms with Crippen molar-refractivity contribution < 1.29 is 9.59 Å². The summed E-state index contributed by atoms with van der Waals surface area (Å²) in [6, 6.07) is 16.4. The smallest absolute Gasteiger partial charge is 0.254 e. The Bertz CT molecular complexity index is 931. The molecule has 2 aromatic rings. The summed E-state index contributed by atoms with van der Waals surface area (Å²) in [7, 11) is 0. The molecule has 2 aromatic carbocycles. The number of carbonyl (C=O) groups excluding carboxylic acids is 2. The van der Waals surface area contributed by atoms with Gasteiger partial charge in [0.2, 0.25) is 0 Å². The number of hydrogen-bond donors (Lipinski definition) is 0. The SMILES string of the molecule is CC.CC.CC(C)N1C(=O)c2ccccc2CC1(C)C.CC(C)N1CCc2ccccc2C1=O. The molecule has 2 aliphatic heterocycles. The molecule has 188 valence electrons. The van der Waals surface area contributed by atoms with Crippen LogP contribution in [0.15, 0.2) is 48.5 Å². The largest absolute Gasteiger partial charge is 0.336 e. The fourth-order valence-electron chi connectivity index (χ4n) is 4.71. The first-order valence-electron chi connectivity index (χ1n) is 12.9. The molecule has 2 aliphatic rings. The number of hydrogen-bond acceptors (Lipinski definition) is 2. The highest BCUT2D eigenvalue weighted by Gasteiger charge is 2.39.